The van der Waals surface area contributed by atoms with Gasteiger partial charge in [0.05, 0.1) is 7.11 Å². The molecule has 2 saturated carbocycles. The van der Waals surface area contributed by atoms with Crippen molar-refractivity contribution in [1.82, 2.24) is 9.88 Å². The molecule has 1 unspecified atom stereocenters. The number of pyridine rings is 1. The predicted octanol–water partition coefficient (Wildman–Crippen LogP) is 4.54. The summed E-state index contributed by atoms with van der Waals surface area (Å²) in [6.07, 6.45) is 6.15. The largest absolute Gasteiger partial charge is 0.465 e. The topological polar surface area (TPSA) is 71.5 Å². The van der Waals surface area contributed by atoms with Gasteiger partial charge in [-0.25, -0.2) is 9.78 Å². The van der Waals surface area contributed by atoms with Gasteiger partial charge in [-0.2, -0.15) is 0 Å². The van der Waals surface area contributed by atoms with Gasteiger partial charge in [0.25, 0.3) is 0 Å². The van der Waals surface area contributed by atoms with Crippen LogP contribution in [-0.4, -0.2) is 48.0 Å². The van der Waals surface area contributed by atoms with Crippen molar-refractivity contribution in [2.24, 2.45) is 29.1 Å². The van der Waals surface area contributed by atoms with E-state index < -0.39 is 0 Å². The van der Waals surface area contributed by atoms with Crippen LogP contribution in [0.15, 0.2) is 12.1 Å². The summed E-state index contributed by atoms with van der Waals surface area (Å²) in [6, 6.07) is 3.85. The van der Waals surface area contributed by atoms with Crippen LogP contribution in [0.4, 0.5) is 5.82 Å². The van der Waals surface area contributed by atoms with Gasteiger partial charge in [0, 0.05) is 30.7 Å². The lowest BCUT2D eigenvalue weighted by molar-refractivity contribution is -0.139. The number of amides is 1. The zero-order valence-corrected chi connectivity index (χ0v) is 20.3. The molecule has 2 heterocycles. The van der Waals surface area contributed by atoms with Crippen molar-refractivity contribution in [3.8, 4) is 0 Å². The van der Waals surface area contributed by atoms with Gasteiger partial charge in [-0.15, -0.1) is 0 Å². The lowest BCUT2D eigenvalue weighted by atomic mass is 9.90. The number of hydrogen-bond acceptors (Lipinski definition) is 5. The maximum Gasteiger partial charge on any atom is 0.341 e. The van der Waals surface area contributed by atoms with Gasteiger partial charge in [-0.1, -0.05) is 27.7 Å². The summed E-state index contributed by atoms with van der Waals surface area (Å²) in [7, 11) is 1.39. The third-order valence-electron chi connectivity index (χ3n) is 8.11. The molecule has 1 saturated heterocycles. The second-order valence-electron chi connectivity index (χ2n) is 11.1. The first kappa shape index (κ1) is 23.1. The Labute approximate surface area is 192 Å². The third kappa shape index (κ3) is 4.51. The SMILES string of the molecule is COC(=O)c1ccc(CC(C)C)nc1NC[C@H]1CCCCN1C(=O)C1C[C@@H]2[C@H](C1)C2(C)C. The van der Waals surface area contributed by atoms with E-state index in [9.17, 15) is 9.59 Å². The zero-order valence-electron chi connectivity index (χ0n) is 20.3. The van der Waals surface area contributed by atoms with Crippen molar-refractivity contribution < 1.29 is 14.3 Å². The Morgan fingerprint density at radius 2 is 1.94 bits per heavy atom. The molecule has 0 radical (unpaired) electrons. The minimum Gasteiger partial charge on any atom is -0.465 e. The molecular formula is C26H39N3O3. The molecule has 3 aliphatic rings. The van der Waals surface area contributed by atoms with Crippen molar-refractivity contribution in [3.63, 3.8) is 0 Å². The second kappa shape index (κ2) is 9.03. The first-order valence-electron chi connectivity index (χ1n) is 12.3. The Bertz CT molecular complexity index is 852. The lowest BCUT2D eigenvalue weighted by Crippen LogP contribution is -2.49. The molecule has 3 fully saturated rings. The van der Waals surface area contributed by atoms with Crippen LogP contribution in [0.2, 0.25) is 0 Å². The molecule has 4 rings (SSSR count). The number of anilines is 1. The van der Waals surface area contributed by atoms with Gasteiger partial charge in [-0.05, 0) is 73.8 Å². The smallest absolute Gasteiger partial charge is 0.341 e. The number of piperidine rings is 1. The van der Waals surface area contributed by atoms with Crippen LogP contribution in [0.5, 0.6) is 0 Å². The molecule has 4 atom stereocenters. The number of esters is 1. The summed E-state index contributed by atoms with van der Waals surface area (Å²) in [5.74, 6) is 2.65. The van der Waals surface area contributed by atoms with Crippen molar-refractivity contribution in [1.29, 1.82) is 0 Å². The molecule has 1 amide bonds. The summed E-state index contributed by atoms with van der Waals surface area (Å²) in [6.45, 7) is 10.4. The minimum atomic E-state index is -0.388. The maximum absolute atomic E-state index is 13.4. The average Bonchev–Trinajstić information content (AvgIpc) is 3.09. The highest BCUT2D eigenvalue weighted by Crippen LogP contribution is 2.68. The van der Waals surface area contributed by atoms with Crippen LogP contribution in [-0.2, 0) is 16.0 Å². The first-order valence-corrected chi connectivity index (χ1v) is 12.3. The molecule has 6 nitrogen and oxygen atoms in total. The normalized spacial score (nSPS) is 28.4. The van der Waals surface area contributed by atoms with Gasteiger partial charge in [0.2, 0.25) is 5.91 Å². The fourth-order valence-electron chi connectivity index (χ4n) is 6.10. The zero-order chi connectivity index (χ0) is 23.0. The second-order valence-corrected chi connectivity index (χ2v) is 11.1. The monoisotopic (exact) mass is 441 g/mol. The molecule has 1 aromatic rings. The van der Waals surface area contributed by atoms with E-state index in [2.05, 4.69) is 37.9 Å². The fraction of sp³-hybridized carbons (Fsp3) is 0.731. The molecule has 0 bridgehead atoms. The van der Waals surface area contributed by atoms with Crippen LogP contribution in [0.1, 0.15) is 75.9 Å². The van der Waals surface area contributed by atoms with Crippen molar-refractivity contribution in [3.05, 3.63) is 23.4 Å². The predicted molar refractivity (Wildman–Crippen MR) is 125 cm³/mol. The van der Waals surface area contributed by atoms with Crippen molar-refractivity contribution in [2.75, 3.05) is 25.5 Å². The molecule has 32 heavy (non-hydrogen) atoms. The van der Waals surface area contributed by atoms with E-state index in [0.29, 0.717) is 35.2 Å². The van der Waals surface area contributed by atoms with Crippen LogP contribution in [0, 0.1) is 29.1 Å². The standard InChI is InChI=1S/C26H39N3O3/c1-16(2)12-18-9-10-20(25(31)32-5)23(28-18)27-15-19-8-6-7-11-29(19)24(30)17-13-21-22(14-17)26(21,3)4/h9-10,16-17,19,21-22H,6-8,11-15H2,1-5H3,(H,27,28)/t17?,19-,21-,22+/m1/s1. The molecule has 6 heteroatoms. The quantitative estimate of drug-likeness (QED) is 0.629. The van der Waals surface area contributed by atoms with E-state index in [1.807, 2.05) is 6.07 Å². The Kier molecular flexibility index (Phi) is 6.51. The maximum atomic E-state index is 13.4. The average molecular weight is 442 g/mol. The van der Waals surface area contributed by atoms with Crippen LogP contribution in [0.3, 0.4) is 0 Å². The van der Waals surface area contributed by atoms with Gasteiger partial charge in [0.15, 0.2) is 0 Å². The molecule has 0 aromatic carbocycles. The number of nitrogens with one attached hydrogen (secondary N) is 1. The Morgan fingerprint density at radius 3 is 2.59 bits per heavy atom. The van der Waals surface area contributed by atoms with Crippen LogP contribution in [0.25, 0.3) is 0 Å². The fourth-order valence-corrected chi connectivity index (χ4v) is 6.10. The number of methoxy groups -OCH3 is 1. The van der Waals surface area contributed by atoms with Crippen molar-refractivity contribution in [2.45, 2.75) is 72.3 Å². The number of rotatable bonds is 7. The van der Waals surface area contributed by atoms with E-state index in [-0.39, 0.29) is 17.9 Å². The van der Waals surface area contributed by atoms with Gasteiger partial charge in [-0.3, -0.25) is 4.79 Å². The van der Waals surface area contributed by atoms with Crippen LogP contribution >= 0.6 is 0 Å². The highest BCUT2D eigenvalue weighted by Gasteiger charge is 2.63. The van der Waals surface area contributed by atoms with E-state index in [4.69, 9.17) is 9.72 Å². The number of fused-ring (bicyclic) bond motifs is 1. The van der Waals surface area contributed by atoms with Crippen LogP contribution < -0.4 is 5.32 Å². The molecule has 0 spiro atoms. The Hall–Kier alpha value is -2.11. The number of aromatic nitrogens is 1. The van der Waals surface area contributed by atoms with Gasteiger partial charge >= 0.3 is 5.97 Å². The molecule has 176 valence electrons. The first-order chi connectivity index (χ1) is 15.2. The number of likely N-dealkylation sites (tertiary alicyclic amines) is 1. The highest BCUT2D eigenvalue weighted by atomic mass is 16.5. The summed E-state index contributed by atoms with van der Waals surface area (Å²) >= 11 is 0. The number of carbonyl (C=O) groups is 2. The highest BCUT2D eigenvalue weighted by molar-refractivity contribution is 5.94. The van der Waals surface area contributed by atoms with Gasteiger partial charge in [0.1, 0.15) is 11.4 Å². The number of hydrogen-bond donors (Lipinski definition) is 1. The summed E-state index contributed by atoms with van der Waals surface area (Å²) in [4.78, 5) is 32.5. The van der Waals surface area contributed by atoms with E-state index in [0.717, 1.165) is 62.6 Å². The molecule has 1 aromatic heterocycles. The summed E-state index contributed by atoms with van der Waals surface area (Å²) in [5.41, 5.74) is 1.85. The van der Waals surface area contributed by atoms with E-state index >= 15 is 0 Å². The van der Waals surface area contributed by atoms with Gasteiger partial charge < -0.3 is 15.0 Å². The van der Waals surface area contributed by atoms with E-state index in [1.165, 1.54) is 7.11 Å². The summed E-state index contributed by atoms with van der Waals surface area (Å²) < 4.78 is 4.96. The summed E-state index contributed by atoms with van der Waals surface area (Å²) in [5, 5.41) is 3.41. The molecule has 1 aliphatic heterocycles. The third-order valence-corrected chi connectivity index (χ3v) is 8.11. The number of carbonyl (C=O) groups excluding carboxylic acids is 2. The number of nitrogens with zero attached hydrogens (tertiary/aromatic N) is 2. The number of ether oxygens (including phenoxy) is 1. The Morgan fingerprint density at radius 1 is 1.22 bits per heavy atom. The molecule has 2 aliphatic carbocycles. The minimum absolute atomic E-state index is 0.141. The molecule has 1 N–H and O–H groups in total. The van der Waals surface area contributed by atoms with Crippen molar-refractivity contribution >= 4 is 17.7 Å². The molecular weight excluding hydrogens is 402 g/mol. The lowest BCUT2D eigenvalue weighted by Gasteiger charge is -2.38. The Balaban J connectivity index is 1.44. The van der Waals surface area contributed by atoms with E-state index in [1.54, 1.807) is 6.07 Å².